The molecule has 2 rings (SSSR count). The number of hydrogen-bond donors (Lipinski definition) is 1. The first kappa shape index (κ1) is 13.9. The lowest BCUT2D eigenvalue weighted by molar-refractivity contribution is 0.632. The lowest BCUT2D eigenvalue weighted by Crippen LogP contribution is -2.17. The molecule has 0 aliphatic carbocycles. The summed E-state index contributed by atoms with van der Waals surface area (Å²) in [5, 5.41) is 15.1. The Labute approximate surface area is 128 Å². The third-order valence-corrected chi connectivity index (χ3v) is 3.72. The summed E-state index contributed by atoms with van der Waals surface area (Å²) in [6.07, 6.45) is 1.09. The zero-order chi connectivity index (χ0) is 13.0. The second kappa shape index (κ2) is 6.58. The first-order chi connectivity index (χ1) is 8.72. The first-order valence-corrected chi connectivity index (χ1v) is 7.53. The molecule has 0 bridgehead atoms. The molecule has 18 heavy (non-hydrogen) atoms. The summed E-state index contributed by atoms with van der Waals surface area (Å²) in [5.74, 6) is 0.811. The molecule has 0 atom stereocenters. The van der Waals surface area contributed by atoms with Gasteiger partial charge in [-0.2, -0.15) is 4.68 Å². The highest BCUT2D eigenvalue weighted by Crippen LogP contribution is 2.23. The summed E-state index contributed by atoms with van der Waals surface area (Å²) in [6, 6.07) is 6.08. The third kappa shape index (κ3) is 3.27. The van der Waals surface area contributed by atoms with Gasteiger partial charge in [0.05, 0.1) is 12.2 Å². The molecule has 0 amide bonds. The molecule has 0 radical (unpaired) electrons. The normalized spacial score (nSPS) is 10.8. The number of nitrogens with one attached hydrogen (secondary N) is 1. The number of rotatable bonds is 5. The summed E-state index contributed by atoms with van der Waals surface area (Å²) in [5.41, 5.74) is 0.959. The number of tetrazole rings is 1. The van der Waals surface area contributed by atoms with Crippen molar-refractivity contribution in [1.29, 1.82) is 0 Å². The molecule has 5 nitrogen and oxygen atoms in total. The zero-order valence-electron chi connectivity index (χ0n) is 9.90. The highest BCUT2D eigenvalue weighted by Gasteiger charge is 2.11. The fraction of sp³-hybridized carbons (Fsp3) is 0.364. The number of benzene rings is 1. The van der Waals surface area contributed by atoms with Crippen molar-refractivity contribution in [2.45, 2.75) is 19.9 Å². The van der Waals surface area contributed by atoms with Crippen molar-refractivity contribution in [2.75, 3.05) is 6.54 Å². The predicted molar refractivity (Wildman–Crippen MR) is 81.6 cm³/mol. The van der Waals surface area contributed by atoms with Gasteiger partial charge in [0.25, 0.3) is 0 Å². The number of hydrogen-bond acceptors (Lipinski definition) is 4. The van der Waals surface area contributed by atoms with Crippen molar-refractivity contribution in [1.82, 2.24) is 25.5 Å². The van der Waals surface area contributed by atoms with E-state index in [0.29, 0.717) is 6.54 Å². The van der Waals surface area contributed by atoms with Gasteiger partial charge in [0, 0.05) is 8.04 Å². The van der Waals surface area contributed by atoms with E-state index in [9.17, 15) is 0 Å². The minimum Gasteiger partial charge on any atom is -0.310 e. The molecule has 0 saturated heterocycles. The highest BCUT2D eigenvalue weighted by atomic mass is 127. The van der Waals surface area contributed by atoms with Gasteiger partial charge in [-0.05, 0) is 80.1 Å². The Morgan fingerprint density at radius 1 is 1.44 bits per heavy atom. The van der Waals surface area contributed by atoms with Crippen LogP contribution in [0.5, 0.6) is 0 Å². The molecule has 0 aliphatic heterocycles. The fourth-order valence-corrected chi connectivity index (χ4v) is 2.42. The Morgan fingerprint density at radius 2 is 2.28 bits per heavy atom. The molecule has 1 N–H and O–H groups in total. The van der Waals surface area contributed by atoms with Gasteiger partial charge in [0.15, 0.2) is 5.82 Å². The molecule has 1 heterocycles. The van der Waals surface area contributed by atoms with E-state index in [4.69, 9.17) is 0 Å². The van der Waals surface area contributed by atoms with Crippen LogP contribution in [0.3, 0.4) is 0 Å². The minimum atomic E-state index is 0.665. The minimum absolute atomic E-state index is 0.665. The Bertz CT molecular complexity index is 528. The van der Waals surface area contributed by atoms with E-state index >= 15 is 0 Å². The molecule has 96 valence electrons. The van der Waals surface area contributed by atoms with E-state index in [1.807, 2.05) is 18.2 Å². The third-order valence-electron chi connectivity index (χ3n) is 2.38. The monoisotopic (exact) mass is 421 g/mol. The average molecular weight is 422 g/mol. The molecule has 7 heteroatoms. The van der Waals surface area contributed by atoms with Gasteiger partial charge in [0.2, 0.25) is 0 Å². The number of aromatic nitrogens is 4. The average Bonchev–Trinajstić information content (AvgIpc) is 2.81. The maximum Gasteiger partial charge on any atom is 0.170 e. The van der Waals surface area contributed by atoms with Crippen LogP contribution in [-0.4, -0.2) is 26.8 Å². The number of halogens is 2. The lowest BCUT2D eigenvalue weighted by atomic mass is 10.3. The van der Waals surface area contributed by atoms with Crippen molar-refractivity contribution >= 4 is 38.5 Å². The molecular weight excluding hydrogens is 409 g/mol. The van der Waals surface area contributed by atoms with Crippen LogP contribution in [0.4, 0.5) is 0 Å². The Balaban J connectivity index is 2.27. The van der Waals surface area contributed by atoms with Gasteiger partial charge in [-0.25, -0.2) is 0 Å². The fourth-order valence-electron chi connectivity index (χ4n) is 1.53. The summed E-state index contributed by atoms with van der Waals surface area (Å²) in [6.45, 7) is 3.76. The van der Waals surface area contributed by atoms with E-state index in [-0.39, 0.29) is 0 Å². The van der Waals surface area contributed by atoms with E-state index in [1.165, 1.54) is 0 Å². The van der Waals surface area contributed by atoms with E-state index in [2.05, 4.69) is 66.3 Å². The van der Waals surface area contributed by atoms with Crippen LogP contribution in [0, 0.1) is 3.57 Å². The molecular formula is C11H13BrIN5. The van der Waals surface area contributed by atoms with Gasteiger partial charge >= 0.3 is 0 Å². The topological polar surface area (TPSA) is 55.6 Å². The molecule has 1 aromatic carbocycles. The smallest absolute Gasteiger partial charge is 0.170 e. The Hall–Kier alpha value is -0.540. The van der Waals surface area contributed by atoms with E-state index in [1.54, 1.807) is 4.68 Å². The van der Waals surface area contributed by atoms with E-state index in [0.717, 1.165) is 32.5 Å². The summed E-state index contributed by atoms with van der Waals surface area (Å²) < 4.78 is 3.88. The lowest BCUT2D eigenvalue weighted by Gasteiger charge is -2.07. The molecule has 0 saturated carbocycles. The van der Waals surface area contributed by atoms with Crippen LogP contribution in [0.25, 0.3) is 5.69 Å². The second-order valence-electron chi connectivity index (χ2n) is 3.78. The highest BCUT2D eigenvalue weighted by molar-refractivity contribution is 14.1. The van der Waals surface area contributed by atoms with Crippen LogP contribution in [-0.2, 0) is 6.54 Å². The summed E-state index contributed by atoms with van der Waals surface area (Å²) in [4.78, 5) is 0. The maximum atomic E-state index is 4.05. The quantitative estimate of drug-likeness (QED) is 0.595. The van der Waals surface area contributed by atoms with Crippen LogP contribution < -0.4 is 5.32 Å². The summed E-state index contributed by atoms with van der Waals surface area (Å²) in [7, 11) is 0. The van der Waals surface area contributed by atoms with Gasteiger partial charge in [0.1, 0.15) is 0 Å². The standard InChI is InChI=1S/C11H13BrIN5/c1-2-5-14-7-11-15-16-17-18(11)10-6-8(13)3-4-9(10)12/h3-4,6,14H,2,5,7H2,1H3. The summed E-state index contributed by atoms with van der Waals surface area (Å²) >= 11 is 5.80. The molecule has 0 fully saturated rings. The van der Waals surface area contributed by atoms with Crippen LogP contribution >= 0.6 is 38.5 Å². The second-order valence-corrected chi connectivity index (χ2v) is 5.88. The molecule has 0 aliphatic rings. The van der Waals surface area contributed by atoms with Crippen LogP contribution in [0.1, 0.15) is 19.2 Å². The number of nitrogens with zero attached hydrogens (tertiary/aromatic N) is 4. The van der Waals surface area contributed by atoms with Gasteiger partial charge in [-0.15, -0.1) is 5.10 Å². The van der Waals surface area contributed by atoms with Gasteiger partial charge < -0.3 is 5.32 Å². The predicted octanol–water partition coefficient (Wildman–Crippen LogP) is 2.53. The van der Waals surface area contributed by atoms with Crippen LogP contribution in [0.2, 0.25) is 0 Å². The molecule has 1 aromatic heterocycles. The van der Waals surface area contributed by atoms with Crippen molar-refractivity contribution in [3.05, 3.63) is 32.1 Å². The maximum absolute atomic E-state index is 4.05. The van der Waals surface area contributed by atoms with Crippen molar-refractivity contribution < 1.29 is 0 Å². The van der Waals surface area contributed by atoms with Crippen molar-refractivity contribution in [2.24, 2.45) is 0 Å². The van der Waals surface area contributed by atoms with Gasteiger partial charge in [-0.1, -0.05) is 6.92 Å². The molecule has 0 unspecified atom stereocenters. The van der Waals surface area contributed by atoms with Gasteiger partial charge in [-0.3, -0.25) is 0 Å². The van der Waals surface area contributed by atoms with E-state index < -0.39 is 0 Å². The largest absolute Gasteiger partial charge is 0.310 e. The zero-order valence-corrected chi connectivity index (χ0v) is 13.6. The molecule has 0 spiro atoms. The van der Waals surface area contributed by atoms with Crippen LogP contribution in [0.15, 0.2) is 22.7 Å². The SMILES string of the molecule is CCCNCc1nnnn1-c1cc(I)ccc1Br. The first-order valence-electron chi connectivity index (χ1n) is 5.65. The Kier molecular flexibility index (Phi) is 5.07. The molecule has 2 aromatic rings. The Morgan fingerprint density at radius 3 is 3.06 bits per heavy atom. The van der Waals surface area contributed by atoms with Crippen molar-refractivity contribution in [3.8, 4) is 5.69 Å². The van der Waals surface area contributed by atoms with Crippen molar-refractivity contribution in [3.63, 3.8) is 0 Å².